The fourth-order valence-electron chi connectivity index (χ4n) is 1.73. The maximum atomic E-state index is 3.40. The molecule has 1 fully saturated rings. The lowest BCUT2D eigenvalue weighted by Gasteiger charge is -2.21. The summed E-state index contributed by atoms with van der Waals surface area (Å²) in [6.07, 6.45) is 5.02. The third kappa shape index (κ3) is 2.25. The van der Waals surface area contributed by atoms with E-state index < -0.39 is 0 Å². The fourth-order valence-corrected chi connectivity index (χ4v) is 1.73. The molecular weight excluding hydrogens is 146 g/mol. The molecule has 0 spiro atoms. The zero-order valence-corrected chi connectivity index (χ0v) is 8.41. The number of rotatable bonds is 4. The van der Waals surface area contributed by atoms with Crippen LogP contribution in [0, 0.1) is 17.3 Å². The van der Waals surface area contributed by atoms with Crippen molar-refractivity contribution < 1.29 is 0 Å². The summed E-state index contributed by atoms with van der Waals surface area (Å²) in [6, 6.07) is 0.679. The lowest BCUT2D eigenvalue weighted by Crippen LogP contribution is -2.33. The Morgan fingerprint density at radius 3 is 2.58 bits per heavy atom. The topological polar surface area (TPSA) is 12.0 Å². The maximum Gasteiger partial charge on any atom is 0.0127 e. The van der Waals surface area contributed by atoms with Crippen molar-refractivity contribution in [2.24, 2.45) is 5.41 Å². The van der Waals surface area contributed by atoms with Crippen molar-refractivity contribution in [3.63, 3.8) is 0 Å². The van der Waals surface area contributed by atoms with Gasteiger partial charge in [-0.25, -0.2) is 0 Å². The van der Waals surface area contributed by atoms with E-state index >= 15 is 0 Å². The molecule has 0 aromatic carbocycles. The van der Waals surface area contributed by atoms with Crippen LogP contribution in [0.15, 0.2) is 0 Å². The smallest absolute Gasteiger partial charge is 0.0127 e. The molecule has 0 amide bonds. The molecule has 68 valence electrons. The largest absolute Gasteiger partial charge is 0.316 e. The van der Waals surface area contributed by atoms with Gasteiger partial charge in [0.2, 0.25) is 0 Å². The molecule has 1 saturated carbocycles. The molecule has 1 unspecified atom stereocenters. The minimum Gasteiger partial charge on any atom is -0.316 e. The van der Waals surface area contributed by atoms with E-state index in [1.807, 2.05) is 6.92 Å². The van der Waals surface area contributed by atoms with Crippen molar-refractivity contribution in [2.75, 3.05) is 7.05 Å². The van der Waals surface area contributed by atoms with E-state index in [0.717, 1.165) is 6.42 Å². The summed E-state index contributed by atoms with van der Waals surface area (Å²) in [5, 5.41) is 3.40. The molecule has 0 aromatic heterocycles. The van der Waals surface area contributed by atoms with Crippen molar-refractivity contribution in [3.05, 3.63) is 0 Å². The molecule has 1 aliphatic carbocycles. The number of hydrogen-bond acceptors (Lipinski definition) is 1. The standard InChI is InChI=1S/C11H19N/c1-4-5-6-7-10(12-3)11(2)8-9-11/h10,12H,6-9H2,1-3H3. The van der Waals surface area contributed by atoms with E-state index in [2.05, 4.69) is 31.1 Å². The molecule has 1 nitrogen and oxygen atoms in total. The first kappa shape index (κ1) is 9.61. The SMILES string of the molecule is CC#CCCC(NC)C1(C)CC1. The van der Waals surface area contributed by atoms with Crippen LogP contribution in [-0.2, 0) is 0 Å². The molecule has 1 heteroatoms. The molecule has 0 aliphatic heterocycles. The van der Waals surface area contributed by atoms with Gasteiger partial charge >= 0.3 is 0 Å². The second kappa shape index (κ2) is 3.96. The Labute approximate surface area is 75.9 Å². The molecule has 0 heterocycles. The van der Waals surface area contributed by atoms with Gasteiger partial charge in [0.1, 0.15) is 0 Å². The monoisotopic (exact) mass is 165 g/mol. The van der Waals surface area contributed by atoms with E-state index in [0.29, 0.717) is 11.5 Å². The van der Waals surface area contributed by atoms with Gasteiger partial charge in [0.15, 0.2) is 0 Å². The van der Waals surface area contributed by atoms with Crippen LogP contribution in [0.3, 0.4) is 0 Å². The molecule has 0 radical (unpaired) electrons. The average Bonchev–Trinajstić information content (AvgIpc) is 2.78. The highest BCUT2D eigenvalue weighted by molar-refractivity contribution is 5.01. The van der Waals surface area contributed by atoms with E-state index in [-0.39, 0.29) is 0 Å². The predicted octanol–water partition coefficient (Wildman–Crippen LogP) is 2.18. The molecule has 0 saturated heterocycles. The highest BCUT2D eigenvalue weighted by Crippen LogP contribution is 2.49. The highest BCUT2D eigenvalue weighted by Gasteiger charge is 2.43. The Balaban J connectivity index is 2.29. The van der Waals surface area contributed by atoms with Crippen molar-refractivity contribution in [3.8, 4) is 11.8 Å². The highest BCUT2D eigenvalue weighted by atomic mass is 14.9. The quantitative estimate of drug-likeness (QED) is 0.630. The Morgan fingerprint density at radius 1 is 1.50 bits per heavy atom. The minimum absolute atomic E-state index is 0.587. The van der Waals surface area contributed by atoms with Crippen LogP contribution in [0.2, 0.25) is 0 Å². The van der Waals surface area contributed by atoms with Crippen molar-refractivity contribution in [1.82, 2.24) is 5.32 Å². The van der Waals surface area contributed by atoms with Crippen LogP contribution in [0.4, 0.5) is 0 Å². The summed E-state index contributed by atoms with van der Waals surface area (Å²) in [6.45, 7) is 4.28. The maximum absolute atomic E-state index is 3.40. The number of nitrogens with one attached hydrogen (secondary N) is 1. The molecule has 12 heavy (non-hydrogen) atoms. The van der Waals surface area contributed by atoms with E-state index in [9.17, 15) is 0 Å². The Kier molecular flexibility index (Phi) is 3.17. The third-order valence-corrected chi connectivity index (χ3v) is 2.96. The van der Waals surface area contributed by atoms with Crippen molar-refractivity contribution in [1.29, 1.82) is 0 Å². The molecule has 0 aromatic rings. The summed E-state index contributed by atoms with van der Waals surface area (Å²) in [4.78, 5) is 0. The fraction of sp³-hybridized carbons (Fsp3) is 0.818. The minimum atomic E-state index is 0.587. The van der Waals surface area contributed by atoms with Gasteiger partial charge in [-0.2, -0.15) is 0 Å². The second-order valence-electron chi connectivity index (χ2n) is 3.96. The summed E-state index contributed by atoms with van der Waals surface area (Å²) >= 11 is 0. The lowest BCUT2D eigenvalue weighted by atomic mass is 9.95. The zero-order chi connectivity index (χ0) is 9.03. The third-order valence-electron chi connectivity index (χ3n) is 2.96. The summed E-state index contributed by atoms with van der Waals surface area (Å²) in [5.74, 6) is 6.06. The van der Waals surface area contributed by atoms with E-state index in [1.54, 1.807) is 0 Å². The molecular formula is C11H19N. The molecule has 0 bridgehead atoms. The summed E-state index contributed by atoms with van der Waals surface area (Å²) in [7, 11) is 2.06. The average molecular weight is 165 g/mol. The van der Waals surface area contributed by atoms with E-state index in [4.69, 9.17) is 0 Å². The molecule has 1 rings (SSSR count). The Bertz CT molecular complexity index is 193. The van der Waals surface area contributed by atoms with Gasteiger partial charge in [-0.05, 0) is 38.6 Å². The summed E-state index contributed by atoms with van der Waals surface area (Å²) < 4.78 is 0. The van der Waals surface area contributed by atoms with Gasteiger partial charge in [0.05, 0.1) is 0 Å². The molecule has 1 aliphatic rings. The van der Waals surface area contributed by atoms with Crippen LogP contribution in [-0.4, -0.2) is 13.1 Å². The molecule has 1 N–H and O–H groups in total. The normalized spacial score (nSPS) is 20.9. The van der Waals surface area contributed by atoms with Crippen LogP contribution in [0.25, 0.3) is 0 Å². The van der Waals surface area contributed by atoms with Crippen molar-refractivity contribution in [2.45, 2.75) is 45.6 Å². The lowest BCUT2D eigenvalue weighted by molar-refractivity contribution is 0.361. The van der Waals surface area contributed by atoms with Crippen LogP contribution in [0.5, 0.6) is 0 Å². The van der Waals surface area contributed by atoms with Gasteiger partial charge in [0, 0.05) is 12.5 Å². The van der Waals surface area contributed by atoms with Gasteiger partial charge in [0.25, 0.3) is 0 Å². The van der Waals surface area contributed by atoms with Gasteiger partial charge < -0.3 is 5.32 Å². The second-order valence-corrected chi connectivity index (χ2v) is 3.96. The first-order valence-electron chi connectivity index (χ1n) is 4.80. The Hall–Kier alpha value is -0.480. The first-order chi connectivity index (χ1) is 5.73. The molecule has 1 atom stereocenters. The van der Waals surface area contributed by atoms with Crippen LogP contribution < -0.4 is 5.32 Å². The summed E-state index contributed by atoms with van der Waals surface area (Å²) in [5.41, 5.74) is 0.587. The van der Waals surface area contributed by atoms with Gasteiger partial charge in [-0.3, -0.25) is 0 Å². The number of hydrogen-bond donors (Lipinski definition) is 1. The predicted molar refractivity (Wildman–Crippen MR) is 52.9 cm³/mol. The van der Waals surface area contributed by atoms with Gasteiger partial charge in [-0.15, -0.1) is 11.8 Å². The van der Waals surface area contributed by atoms with Crippen LogP contribution >= 0.6 is 0 Å². The van der Waals surface area contributed by atoms with Crippen molar-refractivity contribution >= 4 is 0 Å². The Morgan fingerprint density at radius 2 is 2.17 bits per heavy atom. The van der Waals surface area contributed by atoms with Gasteiger partial charge in [-0.1, -0.05) is 6.92 Å². The van der Waals surface area contributed by atoms with E-state index in [1.165, 1.54) is 19.3 Å². The first-order valence-corrected chi connectivity index (χ1v) is 4.80. The zero-order valence-electron chi connectivity index (χ0n) is 8.41. The van der Waals surface area contributed by atoms with Crippen LogP contribution in [0.1, 0.15) is 39.5 Å².